The SMILES string of the molecule is Cc1ccc(C(=O)C23CC4C[C@@H](CC(Br)(C4)C2)C3)cc1. The molecule has 1 aromatic carbocycles. The van der Waals surface area contributed by atoms with Crippen LogP contribution in [0.5, 0.6) is 0 Å². The molecule has 4 aliphatic carbocycles. The standard InChI is InChI=1S/C18H21BrO/c1-12-2-4-15(5-3-12)16(20)17-7-13-6-14(8-17)10-18(19,9-13)11-17/h2-5,13-14H,6-11H2,1H3/t13-,14?,17?,18?/m1/s1. The van der Waals surface area contributed by atoms with Crippen molar-refractivity contribution in [3.63, 3.8) is 0 Å². The number of halogens is 1. The van der Waals surface area contributed by atoms with Gasteiger partial charge in [0.2, 0.25) is 0 Å². The van der Waals surface area contributed by atoms with Crippen LogP contribution >= 0.6 is 15.9 Å². The molecule has 20 heavy (non-hydrogen) atoms. The van der Waals surface area contributed by atoms with E-state index in [1.54, 1.807) is 0 Å². The lowest BCUT2D eigenvalue weighted by molar-refractivity contribution is -0.0198. The van der Waals surface area contributed by atoms with Gasteiger partial charge in [0.1, 0.15) is 0 Å². The normalized spacial score (nSPS) is 41.9. The Labute approximate surface area is 129 Å². The zero-order chi connectivity index (χ0) is 14.0. The van der Waals surface area contributed by atoms with E-state index in [4.69, 9.17) is 0 Å². The van der Waals surface area contributed by atoms with Crippen molar-refractivity contribution in [3.8, 4) is 0 Å². The number of rotatable bonds is 2. The quantitative estimate of drug-likeness (QED) is 0.555. The summed E-state index contributed by atoms with van der Waals surface area (Å²) in [5.74, 6) is 1.95. The van der Waals surface area contributed by atoms with E-state index in [9.17, 15) is 4.79 Å². The van der Waals surface area contributed by atoms with Crippen LogP contribution in [0.2, 0.25) is 0 Å². The largest absolute Gasteiger partial charge is 0.294 e. The average molecular weight is 333 g/mol. The topological polar surface area (TPSA) is 17.1 Å². The van der Waals surface area contributed by atoms with Crippen molar-refractivity contribution in [3.05, 3.63) is 35.4 Å². The molecule has 4 bridgehead atoms. The predicted octanol–water partition coefficient (Wildman–Crippen LogP) is 4.91. The van der Waals surface area contributed by atoms with Crippen LogP contribution in [0.1, 0.15) is 54.4 Å². The van der Waals surface area contributed by atoms with Gasteiger partial charge in [0.25, 0.3) is 0 Å². The molecule has 4 aliphatic rings. The van der Waals surface area contributed by atoms with Crippen molar-refractivity contribution in [2.24, 2.45) is 17.3 Å². The number of carbonyl (C=O) groups is 1. The third-order valence-corrected chi connectivity index (χ3v) is 6.71. The Balaban J connectivity index is 1.70. The van der Waals surface area contributed by atoms with Crippen LogP contribution < -0.4 is 0 Å². The molecule has 0 amide bonds. The fourth-order valence-electron chi connectivity index (χ4n) is 5.43. The number of benzene rings is 1. The summed E-state index contributed by atoms with van der Waals surface area (Å²) < 4.78 is 0.261. The predicted molar refractivity (Wildman–Crippen MR) is 84.3 cm³/mol. The highest BCUT2D eigenvalue weighted by atomic mass is 79.9. The van der Waals surface area contributed by atoms with E-state index in [0.29, 0.717) is 5.78 Å². The fourth-order valence-corrected chi connectivity index (χ4v) is 6.88. The molecule has 0 aromatic heterocycles. The monoisotopic (exact) mass is 332 g/mol. The first-order chi connectivity index (χ1) is 9.48. The Morgan fingerprint density at radius 3 is 2.25 bits per heavy atom. The second-order valence-corrected chi connectivity index (χ2v) is 9.27. The molecule has 1 nitrogen and oxygen atoms in total. The molecular formula is C18H21BrO. The highest BCUT2D eigenvalue weighted by Gasteiger charge is 2.59. The average Bonchev–Trinajstić information content (AvgIpc) is 2.36. The van der Waals surface area contributed by atoms with E-state index in [0.717, 1.165) is 36.7 Å². The van der Waals surface area contributed by atoms with Crippen molar-refractivity contribution >= 4 is 21.7 Å². The Kier molecular flexibility index (Phi) is 2.74. The summed E-state index contributed by atoms with van der Waals surface area (Å²) in [6.07, 6.45) is 7.24. The van der Waals surface area contributed by atoms with Gasteiger partial charge in [-0.05, 0) is 57.3 Å². The molecule has 2 heteroatoms. The summed E-state index contributed by atoms with van der Waals surface area (Å²) in [4.78, 5) is 13.1. The molecular weight excluding hydrogens is 312 g/mol. The Morgan fingerprint density at radius 2 is 1.70 bits per heavy atom. The highest BCUT2D eigenvalue weighted by Crippen LogP contribution is 2.65. The van der Waals surface area contributed by atoms with Crippen molar-refractivity contribution in [1.82, 2.24) is 0 Å². The number of Topliss-reactive ketones (excluding diaryl/α,β-unsaturated/α-hetero) is 1. The van der Waals surface area contributed by atoms with E-state index in [-0.39, 0.29) is 9.74 Å². The second kappa shape index (κ2) is 4.19. The van der Waals surface area contributed by atoms with Gasteiger partial charge in [0.15, 0.2) is 5.78 Å². The summed E-state index contributed by atoms with van der Waals surface area (Å²) in [7, 11) is 0. The molecule has 4 fully saturated rings. The number of ketones is 1. The third-order valence-electron chi connectivity index (χ3n) is 5.79. The highest BCUT2D eigenvalue weighted by molar-refractivity contribution is 9.10. The van der Waals surface area contributed by atoms with Gasteiger partial charge in [-0.1, -0.05) is 45.8 Å². The zero-order valence-electron chi connectivity index (χ0n) is 12.0. The first kappa shape index (κ1) is 13.1. The maximum atomic E-state index is 13.1. The van der Waals surface area contributed by atoms with Gasteiger partial charge in [-0.3, -0.25) is 4.79 Å². The third kappa shape index (κ3) is 1.91. The molecule has 0 heterocycles. The Morgan fingerprint density at radius 1 is 1.10 bits per heavy atom. The molecule has 1 aromatic rings. The van der Waals surface area contributed by atoms with Gasteiger partial charge in [-0.25, -0.2) is 0 Å². The summed E-state index contributed by atoms with van der Waals surface area (Å²) in [6, 6.07) is 8.18. The van der Waals surface area contributed by atoms with Crippen molar-refractivity contribution in [2.45, 2.75) is 49.8 Å². The molecule has 3 unspecified atom stereocenters. The molecule has 106 valence electrons. The smallest absolute Gasteiger partial charge is 0.169 e. The van der Waals surface area contributed by atoms with Crippen LogP contribution in [-0.4, -0.2) is 10.1 Å². The van der Waals surface area contributed by atoms with Crippen LogP contribution in [0.15, 0.2) is 24.3 Å². The van der Waals surface area contributed by atoms with E-state index in [1.165, 1.54) is 24.8 Å². The number of alkyl halides is 1. The molecule has 0 spiro atoms. The second-order valence-electron chi connectivity index (χ2n) is 7.59. The van der Waals surface area contributed by atoms with E-state index in [2.05, 4.69) is 35.0 Å². The van der Waals surface area contributed by atoms with E-state index in [1.807, 2.05) is 12.1 Å². The minimum atomic E-state index is -0.0666. The maximum Gasteiger partial charge on any atom is 0.169 e. The summed E-state index contributed by atoms with van der Waals surface area (Å²) in [5, 5.41) is 0. The summed E-state index contributed by atoms with van der Waals surface area (Å²) in [6.45, 7) is 2.08. The van der Waals surface area contributed by atoms with Crippen LogP contribution in [0.3, 0.4) is 0 Å². The van der Waals surface area contributed by atoms with Crippen LogP contribution in [0, 0.1) is 24.2 Å². The molecule has 0 radical (unpaired) electrons. The van der Waals surface area contributed by atoms with Crippen molar-refractivity contribution in [2.75, 3.05) is 0 Å². The molecule has 0 N–H and O–H groups in total. The molecule has 5 rings (SSSR count). The van der Waals surface area contributed by atoms with E-state index >= 15 is 0 Å². The van der Waals surface area contributed by atoms with Gasteiger partial charge in [-0.2, -0.15) is 0 Å². The van der Waals surface area contributed by atoms with Gasteiger partial charge >= 0.3 is 0 Å². The van der Waals surface area contributed by atoms with Crippen LogP contribution in [-0.2, 0) is 0 Å². The van der Waals surface area contributed by atoms with Crippen molar-refractivity contribution < 1.29 is 4.79 Å². The summed E-state index contributed by atoms with van der Waals surface area (Å²) >= 11 is 3.99. The summed E-state index contributed by atoms with van der Waals surface area (Å²) in [5.41, 5.74) is 2.08. The maximum absolute atomic E-state index is 13.1. The number of hydrogen-bond acceptors (Lipinski definition) is 1. The minimum absolute atomic E-state index is 0.0666. The molecule has 4 atom stereocenters. The lowest BCUT2D eigenvalue weighted by atomic mass is 9.48. The number of aryl methyl sites for hydroxylation is 1. The van der Waals surface area contributed by atoms with Crippen LogP contribution in [0.25, 0.3) is 0 Å². The van der Waals surface area contributed by atoms with Gasteiger partial charge in [-0.15, -0.1) is 0 Å². The van der Waals surface area contributed by atoms with Crippen LogP contribution in [0.4, 0.5) is 0 Å². The molecule has 4 saturated carbocycles. The Hall–Kier alpha value is -0.630. The fraction of sp³-hybridized carbons (Fsp3) is 0.611. The number of hydrogen-bond donors (Lipinski definition) is 0. The Bertz CT molecular complexity index is 545. The lowest BCUT2D eigenvalue weighted by Gasteiger charge is -2.59. The number of carbonyl (C=O) groups excluding carboxylic acids is 1. The zero-order valence-corrected chi connectivity index (χ0v) is 13.6. The van der Waals surface area contributed by atoms with E-state index < -0.39 is 0 Å². The lowest BCUT2D eigenvalue weighted by Crippen LogP contribution is -2.55. The van der Waals surface area contributed by atoms with Gasteiger partial charge in [0.05, 0.1) is 0 Å². The van der Waals surface area contributed by atoms with Crippen molar-refractivity contribution in [1.29, 1.82) is 0 Å². The first-order valence-electron chi connectivity index (χ1n) is 7.79. The minimum Gasteiger partial charge on any atom is -0.294 e. The molecule has 0 saturated heterocycles. The first-order valence-corrected chi connectivity index (χ1v) is 8.58. The van der Waals surface area contributed by atoms with Gasteiger partial charge in [0, 0.05) is 15.3 Å². The van der Waals surface area contributed by atoms with Gasteiger partial charge < -0.3 is 0 Å². The molecule has 0 aliphatic heterocycles.